The minimum atomic E-state index is -3.40. The number of hydrogen-bond donors (Lipinski definition) is 1. The van der Waals surface area contributed by atoms with Gasteiger partial charge < -0.3 is 14.6 Å². The lowest BCUT2D eigenvalue weighted by atomic mass is 9.94. The normalized spacial score (nSPS) is 18.4. The largest absolute Gasteiger partial charge is 0.451 e. The van der Waals surface area contributed by atoms with Gasteiger partial charge in [-0.15, -0.1) is 0 Å². The first-order chi connectivity index (χ1) is 13.6. The summed E-state index contributed by atoms with van der Waals surface area (Å²) in [5.74, 6) is -2.08. The number of rotatable bonds is 6. The number of ketones is 1. The Balaban J connectivity index is 1.61. The standard InChI is InChI=1S/C20H24N2O6S/c1-13(21-19(24)18-10-14-6-3-4-8-17(14)28-18)20(25)22-9-5-7-15(11-22)16(23)12-29(2,26)27/h3-4,6,8,10,13,15H,5,7,9,11-12H2,1-2H3,(H,21,24)/t13-,15+/m1/s1. The lowest BCUT2D eigenvalue weighted by Crippen LogP contribution is -2.51. The summed E-state index contributed by atoms with van der Waals surface area (Å²) in [6.45, 7) is 2.20. The molecule has 1 aliphatic heterocycles. The van der Waals surface area contributed by atoms with Crippen molar-refractivity contribution in [1.82, 2.24) is 10.2 Å². The Labute approximate surface area is 169 Å². The third-order valence-electron chi connectivity index (χ3n) is 4.96. The van der Waals surface area contributed by atoms with Crippen molar-refractivity contribution < 1.29 is 27.2 Å². The van der Waals surface area contributed by atoms with E-state index in [2.05, 4.69) is 5.32 Å². The number of piperidine rings is 1. The molecule has 8 nitrogen and oxygen atoms in total. The third-order valence-corrected chi connectivity index (χ3v) is 5.77. The summed E-state index contributed by atoms with van der Waals surface area (Å²) in [5.41, 5.74) is 0.583. The second-order valence-electron chi connectivity index (χ2n) is 7.50. The minimum Gasteiger partial charge on any atom is -0.451 e. The highest BCUT2D eigenvalue weighted by Gasteiger charge is 2.32. The van der Waals surface area contributed by atoms with E-state index < -0.39 is 33.5 Å². The molecule has 1 N–H and O–H groups in total. The predicted octanol–water partition coefficient (Wildman–Crippen LogP) is 1.40. The number of sulfone groups is 1. The topological polar surface area (TPSA) is 114 Å². The van der Waals surface area contributed by atoms with E-state index in [0.717, 1.165) is 11.6 Å². The van der Waals surface area contributed by atoms with Gasteiger partial charge in [-0.1, -0.05) is 18.2 Å². The van der Waals surface area contributed by atoms with E-state index in [0.29, 0.717) is 25.0 Å². The SMILES string of the molecule is C[C@@H](NC(=O)c1cc2ccccc2o1)C(=O)N1CCC[C@H](C(=O)CS(C)(=O)=O)C1. The summed E-state index contributed by atoms with van der Waals surface area (Å²) < 4.78 is 28.3. The number of furan rings is 1. The maximum Gasteiger partial charge on any atom is 0.287 e. The van der Waals surface area contributed by atoms with Crippen LogP contribution in [-0.4, -0.2) is 62.1 Å². The lowest BCUT2D eigenvalue weighted by molar-refractivity contribution is -0.136. The number of fused-ring (bicyclic) bond motifs is 1. The van der Waals surface area contributed by atoms with Crippen molar-refractivity contribution in [1.29, 1.82) is 0 Å². The highest BCUT2D eigenvalue weighted by Crippen LogP contribution is 2.20. The van der Waals surface area contributed by atoms with Crippen LogP contribution >= 0.6 is 0 Å². The second-order valence-corrected chi connectivity index (χ2v) is 9.64. The highest BCUT2D eigenvalue weighted by molar-refractivity contribution is 7.91. The first-order valence-corrected chi connectivity index (χ1v) is 11.5. The van der Waals surface area contributed by atoms with E-state index in [9.17, 15) is 22.8 Å². The van der Waals surface area contributed by atoms with Crippen LogP contribution in [-0.2, 0) is 19.4 Å². The van der Waals surface area contributed by atoms with Crippen molar-refractivity contribution in [3.05, 3.63) is 36.1 Å². The van der Waals surface area contributed by atoms with Crippen molar-refractivity contribution in [2.75, 3.05) is 25.1 Å². The average Bonchev–Trinajstić information content (AvgIpc) is 3.10. The minimum absolute atomic E-state index is 0.116. The summed E-state index contributed by atoms with van der Waals surface area (Å²) in [5, 5.41) is 3.42. The molecule has 2 aromatic rings. The van der Waals surface area contributed by atoms with Gasteiger partial charge in [0, 0.05) is 30.6 Å². The first kappa shape index (κ1) is 21.0. The van der Waals surface area contributed by atoms with Gasteiger partial charge in [0.1, 0.15) is 17.4 Å². The summed E-state index contributed by atoms with van der Waals surface area (Å²) in [6, 6.07) is 8.02. The Morgan fingerprint density at radius 2 is 2.00 bits per heavy atom. The van der Waals surface area contributed by atoms with Crippen LogP contribution in [0.5, 0.6) is 0 Å². The van der Waals surface area contributed by atoms with Crippen molar-refractivity contribution in [2.24, 2.45) is 5.92 Å². The number of para-hydroxylation sites is 1. The molecular weight excluding hydrogens is 396 g/mol. The van der Waals surface area contributed by atoms with Crippen LogP contribution in [0.4, 0.5) is 0 Å². The van der Waals surface area contributed by atoms with Gasteiger partial charge in [-0.25, -0.2) is 8.42 Å². The monoisotopic (exact) mass is 420 g/mol. The van der Waals surface area contributed by atoms with Crippen LogP contribution in [0.25, 0.3) is 11.0 Å². The Morgan fingerprint density at radius 1 is 1.28 bits per heavy atom. The zero-order valence-corrected chi connectivity index (χ0v) is 17.2. The zero-order valence-electron chi connectivity index (χ0n) is 16.4. The number of nitrogens with one attached hydrogen (secondary N) is 1. The number of amides is 2. The van der Waals surface area contributed by atoms with E-state index >= 15 is 0 Å². The van der Waals surface area contributed by atoms with Crippen LogP contribution in [0.3, 0.4) is 0 Å². The summed E-state index contributed by atoms with van der Waals surface area (Å²) >= 11 is 0. The molecule has 2 heterocycles. The number of hydrogen-bond acceptors (Lipinski definition) is 6. The number of carbonyl (C=O) groups is 3. The van der Waals surface area contributed by atoms with Gasteiger partial charge in [-0.2, -0.15) is 0 Å². The molecule has 0 saturated carbocycles. The van der Waals surface area contributed by atoms with Crippen LogP contribution in [0, 0.1) is 5.92 Å². The van der Waals surface area contributed by atoms with Gasteiger partial charge in [0.15, 0.2) is 21.4 Å². The van der Waals surface area contributed by atoms with Crippen LogP contribution < -0.4 is 5.32 Å². The van der Waals surface area contributed by atoms with E-state index in [1.165, 1.54) is 4.90 Å². The molecule has 29 heavy (non-hydrogen) atoms. The van der Waals surface area contributed by atoms with Gasteiger partial charge in [0.2, 0.25) is 5.91 Å². The number of carbonyl (C=O) groups excluding carboxylic acids is 3. The van der Waals surface area contributed by atoms with Crippen LogP contribution in [0.2, 0.25) is 0 Å². The fourth-order valence-electron chi connectivity index (χ4n) is 3.51. The highest BCUT2D eigenvalue weighted by atomic mass is 32.2. The van der Waals surface area contributed by atoms with E-state index in [1.54, 1.807) is 25.1 Å². The maximum atomic E-state index is 12.7. The van der Waals surface area contributed by atoms with E-state index in [1.807, 2.05) is 12.1 Å². The molecule has 0 bridgehead atoms. The summed E-state index contributed by atoms with van der Waals surface area (Å²) in [4.78, 5) is 38.9. The first-order valence-electron chi connectivity index (χ1n) is 9.43. The predicted molar refractivity (Wildman–Crippen MR) is 107 cm³/mol. The molecule has 2 amide bonds. The van der Waals surface area contributed by atoms with Crippen molar-refractivity contribution in [3.8, 4) is 0 Å². The Hall–Kier alpha value is -2.68. The molecule has 9 heteroatoms. The zero-order chi connectivity index (χ0) is 21.2. The number of likely N-dealkylation sites (tertiary alicyclic amines) is 1. The Morgan fingerprint density at radius 3 is 2.69 bits per heavy atom. The van der Waals surface area contributed by atoms with Gasteiger partial charge in [-0.3, -0.25) is 14.4 Å². The van der Waals surface area contributed by atoms with Gasteiger partial charge in [-0.05, 0) is 31.9 Å². The molecule has 0 aliphatic carbocycles. The van der Waals surface area contributed by atoms with Crippen molar-refractivity contribution >= 4 is 38.4 Å². The fourth-order valence-corrected chi connectivity index (χ4v) is 4.27. The molecule has 2 atom stereocenters. The fraction of sp³-hybridized carbons (Fsp3) is 0.450. The molecule has 1 fully saturated rings. The average molecular weight is 420 g/mol. The van der Waals surface area contributed by atoms with E-state index in [4.69, 9.17) is 4.42 Å². The Bertz CT molecular complexity index is 1010. The molecule has 1 aliphatic rings. The number of Topliss-reactive ketones (excluding diaryl/α,β-unsaturated/α-hetero) is 1. The molecule has 1 saturated heterocycles. The quantitative estimate of drug-likeness (QED) is 0.756. The smallest absolute Gasteiger partial charge is 0.287 e. The summed E-state index contributed by atoms with van der Waals surface area (Å²) in [6.07, 6.45) is 2.18. The van der Waals surface area contributed by atoms with E-state index in [-0.39, 0.29) is 24.0 Å². The van der Waals surface area contributed by atoms with Gasteiger partial charge in [0.25, 0.3) is 5.91 Å². The molecule has 0 radical (unpaired) electrons. The number of benzene rings is 1. The molecule has 0 spiro atoms. The van der Waals surface area contributed by atoms with Gasteiger partial charge in [0.05, 0.1) is 0 Å². The molecule has 3 rings (SSSR count). The maximum absolute atomic E-state index is 12.7. The number of nitrogens with zero attached hydrogens (tertiary/aromatic N) is 1. The van der Waals surface area contributed by atoms with Crippen molar-refractivity contribution in [2.45, 2.75) is 25.8 Å². The Kier molecular flexibility index (Phi) is 6.07. The molecule has 156 valence electrons. The molecule has 1 aromatic heterocycles. The van der Waals surface area contributed by atoms with Gasteiger partial charge >= 0.3 is 0 Å². The van der Waals surface area contributed by atoms with Crippen LogP contribution in [0.15, 0.2) is 34.7 Å². The second kappa shape index (κ2) is 8.36. The van der Waals surface area contributed by atoms with Crippen molar-refractivity contribution in [3.63, 3.8) is 0 Å². The van der Waals surface area contributed by atoms with Crippen LogP contribution in [0.1, 0.15) is 30.3 Å². The molecular formula is C20H24N2O6S. The molecule has 1 aromatic carbocycles. The lowest BCUT2D eigenvalue weighted by Gasteiger charge is -2.33. The molecule has 0 unspecified atom stereocenters. The third kappa shape index (κ3) is 5.23. The summed E-state index contributed by atoms with van der Waals surface area (Å²) in [7, 11) is -3.40.